The van der Waals surface area contributed by atoms with Gasteiger partial charge in [-0.2, -0.15) is 0 Å². The fourth-order valence-electron chi connectivity index (χ4n) is 3.82. The lowest BCUT2D eigenvalue weighted by Gasteiger charge is -2.32. The van der Waals surface area contributed by atoms with Gasteiger partial charge in [-0.1, -0.05) is 26.0 Å². The summed E-state index contributed by atoms with van der Waals surface area (Å²) in [5, 5.41) is 0.560. The Hall–Kier alpha value is -1.49. The summed E-state index contributed by atoms with van der Waals surface area (Å²) in [5.74, 6) is 0.161. The lowest BCUT2D eigenvalue weighted by Crippen LogP contribution is -2.40. The number of hydrogen-bond donors (Lipinski definition) is 0. The van der Waals surface area contributed by atoms with E-state index < -0.39 is 0 Å². The highest BCUT2D eigenvalue weighted by Gasteiger charge is 2.59. The van der Waals surface area contributed by atoms with E-state index in [0.717, 1.165) is 37.9 Å². The Morgan fingerprint density at radius 1 is 1.24 bits per heavy atom. The number of hydrogen-bond acceptors (Lipinski definition) is 4. The molecule has 1 spiro atoms. The summed E-state index contributed by atoms with van der Waals surface area (Å²) < 4.78 is 4.87. The predicted octanol–water partition coefficient (Wildman–Crippen LogP) is 3.53. The first-order valence-electron chi connectivity index (χ1n) is 9.05. The quantitative estimate of drug-likeness (QED) is 0.595. The molecule has 136 valence electrons. The van der Waals surface area contributed by atoms with E-state index in [9.17, 15) is 9.59 Å². The molecular weight excluding hydrogens is 334 g/mol. The number of carbonyl (C=O) groups is 2. The molecule has 1 aromatic carbocycles. The maximum Gasteiger partial charge on any atom is 0.309 e. The van der Waals surface area contributed by atoms with Crippen LogP contribution in [0.5, 0.6) is 0 Å². The number of rotatable bonds is 5. The first-order chi connectivity index (χ1) is 11.9. The Balaban J connectivity index is 1.49. The smallest absolute Gasteiger partial charge is 0.309 e. The lowest BCUT2D eigenvalue weighted by atomic mass is 9.90. The molecule has 1 aliphatic heterocycles. The normalized spacial score (nSPS) is 21.4. The van der Waals surface area contributed by atoms with Gasteiger partial charge >= 0.3 is 5.97 Å². The molecule has 1 saturated heterocycles. The molecule has 0 N–H and O–H groups in total. The van der Waals surface area contributed by atoms with Crippen molar-refractivity contribution in [1.82, 2.24) is 4.90 Å². The number of esters is 1. The van der Waals surface area contributed by atoms with Crippen molar-refractivity contribution in [1.29, 1.82) is 0 Å². The third kappa shape index (κ3) is 4.20. The van der Waals surface area contributed by atoms with Gasteiger partial charge in [0.25, 0.3) is 0 Å². The van der Waals surface area contributed by atoms with Crippen LogP contribution >= 0.6 is 11.8 Å². The zero-order chi connectivity index (χ0) is 18.0. The molecule has 1 amide bonds. The fourth-order valence-corrected chi connectivity index (χ4v) is 4.66. The van der Waals surface area contributed by atoms with Gasteiger partial charge in [-0.3, -0.25) is 9.59 Å². The molecule has 2 fully saturated rings. The molecule has 0 radical (unpaired) electrons. The molecule has 5 heteroatoms. The Morgan fingerprint density at radius 3 is 2.44 bits per heavy atom. The van der Waals surface area contributed by atoms with E-state index in [1.807, 2.05) is 16.7 Å². The summed E-state index contributed by atoms with van der Waals surface area (Å²) in [5.41, 5.74) is 1.18. The second kappa shape index (κ2) is 7.40. The van der Waals surface area contributed by atoms with E-state index in [1.165, 1.54) is 12.0 Å². The van der Waals surface area contributed by atoms with E-state index in [-0.39, 0.29) is 23.2 Å². The third-order valence-corrected chi connectivity index (χ3v) is 6.45. The van der Waals surface area contributed by atoms with Crippen LogP contribution in [0.2, 0.25) is 0 Å². The SMILES string of the molecule is COC(=O)C1CC12CCN(C(=O)Cc1ccc(SC(C)C)cc1)CC2. The minimum Gasteiger partial charge on any atom is -0.469 e. The van der Waals surface area contributed by atoms with Crippen molar-refractivity contribution in [2.24, 2.45) is 11.3 Å². The van der Waals surface area contributed by atoms with Gasteiger partial charge in [-0.25, -0.2) is 0 Å². The molecule has 1 heterocycles. The van der Waals surface area contributed by atoms with Crippen molar-refractivity contribution in [2.45, 2.75) is 49.7 Å². The van der Waals surface area contributed by atoms with Crippen LogP contribution in [-0.4, -0.2) is 42.2 Å². The average molecular weight is 362 g/mol. The van der Waals surface area contributed by atoms with Gasteiger partial charge in [0.1, 0.15) is 0 Å². The molecule has 1 unspecified atom stereocenters. The van der Waals surface area contributed by atoms with Crippen molar-refractivity contribution < 1.29 is 14.3 Å². The molecule has 1 atom stereocenters. The first-order valence-corrected chi connectivity index (χ1v) is 9.93. The van der Waals surface area contributed by atoms with Crippen LogP contribution in [-0.2, 0) is 20.7 Å². The van der Waals surface area contributed by atoms with Gasteiger partial charge in [0.15, 0.2) is 0 Å². The zero-order valence-electron chi connectivity index (χ0n) is 15.3. The van der Waals surface area contributed by atoms with Gasteiger partial charge in [0.2, 0.25) is 5.91 Å². The highest BCUT2D eigenvalue weighted by molar-refractivity contribution is 7.99. The molecule has 1 aromatic rings. The number of likely N-dealkylation sites (tertiary alicyclic amines) is 1. The summed E-state index contributed by atoms with van der Waals surface area (Å²) >= 11 is 1.83. The molecule has 25 heavy (non-hydrogen) atoms. The molecule has 0 aromatic heterocycles. The standard InChI is InChI=1S/C20H27NO3S/c1-14(2)25-16-6-4-15(5-7-16)12-18(22)21-10-8-20(9-11-21)13-17(20)19(23)24-3/h4-7,14,17H,8-13H2,1-3H3. The number of methoxy groups -OCH3 is 1. The van der Waals surface area contributed by atoms with Gasteiger partial charge in [0.05, 0.1) is 19.4 Å². The van der Waals surface area contributed by atoms with Gasteiger partial charge < -0.3 is 9.64 Å². The molecule has 3 rings (SSSR count). The molecular formula is C20H27NO3S. The molecule has 0 bridgehead atoms. The molecule has 1 saturated carbocycles. The van der Waals surface area contributed by atoms with Gasteiger partial charge in [-0.15, -0.1) is 11.8 Å². The Bertz CT molecular complexity index is 633. The first kappa shape index (κ1) is 18.3. The van der Waals surface area contributed by atoms with Gasteiger partial charge in [-0.05, 0) is 42.4 Å². The number of nitrogens with zero attached hydrogens (tertiary/aromatic N) is 1. The second-order valence-electron chi connectivity index (χ2n) is 7.51. The highest BCUT2D eigenvalue weighted by atomic mass is 32.2. The number of thioether (sulfide) groups is 1. The second-order valence-corrected chi connectivity index (χ2v) is 9.16. The van der Waals surface area contributed by atoms with Crippen LogP contribution in [0, 0.1) is 11.3 Å². The van der Waals surface area contributed by atoms with Crippen LogP contribution < -0.4 is 0 Å². The van der Waals surface area contributed by atoms with E-state index in [4.69, 9.17) is 4.74 Å². The minimum absolute atomic E-state index is 0.0563. The van der Waals surface area contributed by atoms with Crippen molar-refractivity contribution >= 4 is 23.6 Å². The molecule has 4 nitrogen and oxygen atoms in total. The minimum atomic E-state index is -0.0841. The Kier molecular flexibility index (Phi) is 5.42. The van der Waals surface area contributed by atoms with E-state index in [2.05, 4.69) is 38.1 Å². The third-order valence-electron chi connectivity index (χ3n) is 5.44. The summed E-state index contributed by atoms with van der Waals surface area (Å²) in [6.45, 7) is 5.87. The van der Waals surface area contributed by atoms with Crippen LogP contribution in [0.4, 0.5) is 0 Å². The fraction of sp³-hybridized carbons (Fsp3) is 0.600. The number of piperidine rings is 1. The maximum absolute atomic E-state index is 12.6. The predicted molar refractivity (Wildman–Crippen MR) is 99.5 cm³/mol. The monoisotopic (exact) mass is 361 g/mol. The Morgan fingerprint density at radius 2 is 1.88 bits per heavy atom. The van der Waals surface area contributed by atoms with Crippen molar-refractivity contribution in [2.75, 3.05) is 20.2 Å². The maximum atomic E-state index is 12.6. The van der Waals surface area contributed by atoms with Crippen LogP contribution in [0.15, 0.2) is 29.2 Å². The van der Waals surface area contributed by atoms with Crippen molar-refractivity contribution in [3.63, 3.8) is 0 Å². The largest absolute Gasteiger partial charge is 0.469 e. The van der Waals surface area contributed by atoms with Gasteiger partial charge in [0, 0.05) is 23.2 Å². The lowest BCUT2D eigenvalue weighted by molar-refractivity contribution is -0.143. The Labute approximate surface area is 154 Å². The molecule has 1 aliphatic carbocycles. The highest BCUT2D eigenvalue weighted by Crippen LogP contribution is 2.59. The summed E-state index contributed by atoms with van der Waals surface area (Å²) in [6.07, 6.45) is 3.22. The molecule has 2 aliphatic rings. The number of carbonyl (C=O) groups excluding carboxylic acids is 2. The summed E-state index contributed by atoms with van der Waals surface area (Å²) in [4.78, 5) is 27.5. The van der Waals surface area contributed by atoms with E-state index >= 15 is 0 Å². The number of ether oxygens (including phenoxy) is 1. The summed E-state index contributed by atoms with van der Waals surface area (Å²) in [7, 11) is 1.46. The number of benzene rings is 1. The van der Waals surface area contributed by atoms with E-state index in [1.54, 1.807) is 0 Å². The zero-order valence-corrected chi connectivity index (χ0v) is 16.1. The summed E-state index contributed by atoms with van der Waals surface area (Å²) in [6, 6.07) is 8.32. The van der Waals surface area contributed by atoms with Crippen molar-refractivity contribution in [3.8, 4) is 0 Å². The van der Waals surface area contributed by atoms with Crippen molar-refractivity contribution in [3.05, 3.63) is 29.8 Å². The van der Waals surface area contributed by atoms with Crippen LogP contribution in [0.1, 0.15) is 38.7 Å². The topological polar surface area (TPSA) is 46.6 Å². The van der Waals surface area contributed by atoms with E-state index in [0.29, 0.717) is 11.7 Å². The average Bonchev–Trinajstić information content (AvgIpc) is 3.29. The number of amides is 1. The van der Waals surface area contributed by atoms with Crippen LogP contribution in [0.25, 0.3) is 0 Å². The van der Waals surface area contributed by atoms with Crippen LogP contribution in [0.3, 0.4) is 0 Å².